The topological polar surface area (TPSA) is 112 Å². The van der Waals surface area contributed by atoms with Crippen LogP contribution in [-0.4, -0.2) is 39.1 Å². The van der Waals surface area contributed by atoms with Gasteiger partial charge in [-0.25, -0.2) is 9.47 Å². The number of hydrogen-bond donors (Lipinski definition) is 2. The fourth-order valence-electron chi connectivity index (χ4n) is 2.21. The van der Waals surface area contributed by atoms with Crippen molar-refractivity contribution in [1.29, 1.82) is 0 Å². The van der Waals surface area contributed by atoms with E-state index in [1.54, 1.807) is 13.8 Å². The van der Waals surface area contributed by atoms with Crippen molar-refractivity contribution in [3.05, 3.63) is 34.3 Å². The molecule has 8 nitrogen and oxygen atoms in total. The molecule has 0 unspecified atom stereocenters. The number of aromatic nitrogens is 3. The zero-order chi connectivity index (χ0) is 19.4. The molecule has 0 radical (unpaired) electrons. The lowest BCUT2D eigenvalue weighted by Crippen LogP contribution is -2.17. The number of carbonyl (C=O) groups is 2. The van der Waals surface area contributed by atoms with Crippen LogP contribution in [0, 0.1) is 6.92 Å². The third-order valence-corrected chi connectivity index (χ3v) is 6.22. The molecule has 0 bridgehead atoms. The van der Waals surface area contributed by atoms with Crippen LogP contribution in [0.5, 0.6) is 0 Å². The summed E-state index contributed by atoms with van der Waals surface area (Å²) in [5, 5.41) is 15.2. The predicted molar refractivity (Wildman–Crippen MR) is 108 cm³/mol. The minimum absolute atomic E-state index is 0.0871. The molecule has 3 heterocycles. The number of nitrogens with zero attached hydrogens (tertiary/aromatic N) is 3. The number of hydrogen-bond acceptors (Lipinski definition) is 9. The second-order valence-electron chi connectivity index (χ2n) is 5.29. The number of rotatable bonds is 7. The Morgan fingerprint density at radius 2 is 2.19 bits per heavy atom. The highest BCUT2D eigenvalue weighted by Crippen LogP contribution is 2.38. The smallest absolute Gasteiger partial charge is 0.341 e. The van der Waals surface area contributed by atoms with Gasteiger partial charge in [0.2, 0.25) is 11.1 Å². The number of aryl methyl sites for hydroxylation is 1. The van der Waals surface area contributed by atoms with Crippen LogP contribution < -0.4 is 11.2 Å². The van der Waals surface area contributed by atoms with Crippen molar-refractivity contribution < 1.29 is 14.3 Å². The molecule has 0 saturated carbocycles. The highest BCUT2D eigenvalue weighted by molar-refractivity contribution is 7.99. The SMILES string of the molecule is CCOC(=O)c1c(-c2cccs2)csc1NC(=O)CSc1nnc(C)n1N. The van der Waals surface area contributed by atoms with E-state index in [1.807, 2.05) is 22.9 Å². The van der Waals surface area contributed by atoms with Gasteiger partial charge in [-0.2, -0.15) is 0 Å². The van der Waals surface area contributed by atoms with Gasteiger partial charge in [0.1, 0.15) is 16.4 Å². The van der Waals surface area contributed by atoms with E-state index in [2.05, 4.69) is 15.5 Å². The van der Waals surface area contributed by atoms with E-state index < -0.39 is 5.97 Å². The second kappa shape index (κ2) is 8.55. The number of anilines is 1. The molecule has 0 aromatic carbocycles. The Morgan fingerprint density at radius 3 is 2.81 bits per heavy atom. The van der Waals surface area contributed by atoms with E-state index in [0.717, 1.165) is 10.4 Å². The van der Waals surface area contributed by atoms with Crippen LogP contribution in [0.1, 0.15) is 23.1 Å². The molecule has 0 spiro atoms. The van der Waals surface area contributed by atoms with Gasteiger partial charge in [0, 0.05) is 15.8 Å². The molecule has 3 N–H and O–H groups in total. The van der Waals surface area contributed by atoms with Gasteiger partial charge in [-0.1, -0.05) is 17.8 Å². The number of thiophene rings is 2. The number of esters is 1. The van der Waals surface area contributed by atoms with E-state index in [1.165, 1.54) is 39.1 Å². The zero-order valence-electron chi connectivity index (χ0n) is 14.6. The lowest BCUT2D eigenvalue weighted by atomic mass is 10.1. The highest BCUT2D eigenvalue weighted by atomic mass is 32.2. The van der Waals surface area contributed by atoms with Crippen molar-refractivity contribution >= 4 is 51.3 Å². The first-order valence-corrected chi connectivity index (χ1v) is 10.7. The number of nitrogens with one attached hydrogen (secondary N) is 1. The number of thioether (sulfide) groups is 1. The molecule has 0 aliphatic carbocycles. The molecule has 0 aliphatic rings. The van der Waals surface area contributed by atoms with Crippen molar-refractivity contribution in [2.45, 2.75) is 19.0 Å². The summed E-state index contributed by atoms with van der Waals surface area (Å²) in [5.74, 6) is 5.69. The lowest BCUT2D eigenvalue weighted by Gasteiger charge is -2.08. The van der Waals surface area contributed by atoms with Crippen molar-refractivity contribution in [3.8, 4) is 10.4 Å². The van der Waals surface area contributed by atoms with E-state index in [0.29, 0.717) is 21.5 Å². The van der Waals surface area contributed by atoms with Crippen LogP contribution in [0.25, 0.3) is 10.4 Å². The summed E-state index contributed by atoms with van der Waals surface area (Å²) in [7, 11) is 0. The van der Waals surface area contributed by atoms with Crippen LogP contribution in [0.2, 0.25) is 0 Å². The van der Waals surface area contributed by atoms with E-state index >= 15 is 0 Å². The van der Waals surface area contributed by atoms with Crippen LogP contribution in [0.15, 0.2) is 28.0 Å². The molecular formula is C16H17N5O3S3. The third kappa shape index (κ3) is 4.31. The average Bonchev–Trinajstić information content (AvgIpc) is 3.36. The van der Waals surface area contributed by atoms with Gasteiger partial charge in [-0.3, -0.25) is 4.79 Å². The van der Waals surface area contributed by atoms with Crippen LogP contribution >= 0.6 is 34.4 Å². The van der Waals surface area contributed by atoms with Crippen molar-refractivity contribution in [3.63, 3.8) is 0 Å². The molecule has 11 heteroatoms. The van der Waals surface area contributed by atoms with Crippen molar-refractivity contribution in [2.24, 2.45) is 0 Å². The Morgan fingerprint density at radius 1 is 1.37 bits per heavy atom. The van der Waals surface area contributed by atoms with Gasteiger partial charge in [0.25, 0.3) is 0 Å². The average molecular weight is 424 g/mol. The fourth-order valence-corrected chi connectivity index (χ4v) is 4.70. The summed E-state index contributed by atoms with van der Waals surface area (Å²) in [4.78, 5) is 25.7. The molecule has 27 heavy (non-hydrogen) atoms. The van der Waals surface area contributed by atoms with Crippen LogP contribution in [0.4, 0.5) is 5.00 Å². The lowest BCUT2D eigenvalue weighted by molar-refractivity contribution is -0.113. The van der Waals surface area contributed by atoms with Gasteiger partial charge in [0.15, 0.2) is 0 Å². The molecule has 1 amide bonds. The normalized spacial score (nSPS) is 10.7. The summed E-state index contributed by atoms with van der Waals surface area (Å²) < 4.78 is 6.49. The largest absolute Gasteiger partial charge is 0.462 e. The maximum atomic E-state index is 12.4. The molecule has 142 valence electrons. The maximum absolute atomic E-state index is 12.4. The van der Waals surface area contributed by atoms with Gasteiger partial charge < -0.3 is 15.9 Å². The quantitative estimate of drug-likeness (QED) is 0.341. The van der Waals surface area contributed by atoms with E-state index in [-0.39, 0.29) is 18.3 Å². The highest BCUT2D eigenvalue weighted by Gasteiger charge is 2.23. The van der Waals surface area contributed by atoms with Crippen LogP contribution in [0.3, 0.4) is 0 Å². The monoisotopic (exact) mass is 423 g/mol. The van der Waals surface area contributed by atoms with Crippen LogP contribution in [-0.2, 0) is 9.53 Å². The first kappa shape index (κ1) is 19.4. The summed E-state index contributed by atoms with van der Waals surface area (Å²) in [5.41, 5.74) is 1.13. The minimum Gasteiger partial charge on any atom is -0.462 e. The summed E-state index contributed by atoms with van der Waals surface area (Å²) in [6.07, 6.45) is 0. The summed E-state index contributed by atoms with van der Waals surface area (Å²) in [6, 6.07) is 3.83. The number of nitrogen functional groups attached to an aromatic ring is 1. The zero-order valence-corrected chi connectivity index (χ0v) is 17.0. The molecule has 3 rings (SSSR count). The summed E-state index contributed by atoms with van der Waals surface area (Å²) >= 11 is 3.98. The van der Waals surface area contributed by atoms with Gasteiger partial charge in [0.05, 0.1) is 12.4 Å². The Kier molecular flexibility index (Phi) is 6.14. The van der Waals surface area contributed by atoms with E-state index in [4.69, 9.17) is 10.6 Å². The standard InChI is InChI=1S/C16H17N5O3S3/c1-3-24-15(23)13-10(11-5-4-6-25-11)7-26-14(13)18-12(22)8-27-16-20-19-9(2)21(16)17/h4-7H,3,8,17H2,1-2H3,(H,18,22). The fraction of sp³-hybridized carbons (Fsp3) is 0.250. The molecule has 0 atom stereocenters. The number of carbonyl (C=O) groups excluding carboxylic acids is 2. The Balaban J connectivity index is 1.76. The van der Waals surface area contributed by atoms with Gasteiger partial charge in [-0.15, -0.1) is 32.9 Å². The second-order valence-corrected chi connectivity index (χ2v) is 8.06. The van der Waals surface area contributed by atoms with Gasteiger partial charge >= 0.3 is 5.97 Å². The molecule has 3 aromatic rings. The maximum Gasteiger partial charge on any atom is 0.341 e. The Labute approximate surface area is 167 Å². The van der Waals surface area contributed by atoms with Crippen molar-refractivity contribution in [2.75, 3.05) is 23.5 Å². The number of nitrogens with two attached hydrogens (primary N) is 1. The molecule has 0 saturated heterocycles. The third-order valence-electron chi connectivity index (χ3n) is 3.48. The molecule has 0 aliphatic heterocycles. The molecular weight excluding hydrogens is 406 g/mol. The van der Waals surface area contributed by atoms with Crippen molar-refractivity contribution in [1.82, 2.24) is 14.9 Å². The first-order chi connectivity index (χ1) is 13.0. The van der Waals surface area contributed by atoms with E-state index in [9.17, 15) is 9.59 Å². The Hall–Kier alpha value is -2.37. The molecule has 3 aromatic heterocycles. The minimum atomic E-state index is -0.456. The Bertz CT molecular complexity index is 949. The summed E-state index contributed by atoms with van der Waals surface area (Å²) in [6.45, 7) is 3.72. The predicted octanol–water partition coefficient (Wildman–Crippen LogP) is 3.00. The number of amides is 1. The first-order valence-electron chi connectivity index (χ1n) is 7.93. The molecule has 0 fully saturated rings. The van der Waals surface area contributed by atoms with Gasteiger partial charge in [-0.05, 0) is 25.3 Å². The number of ether oxygens (including phenoxy) is 1.